The van der Waals surface area contributed by atoms with Gasteiger partial charge in [0.2, 0.25) is 0 Å². The average molecular weight is 392 g/mol. The Labute approximate surface area is 171 Å². The molecule has 2 fully saturated rings. The van der Waals surface area contributed by atoms with Gasteiger partial charge < -0.3 is 10.1 Å². The Hall–Kier alpha value is -1.46. The third kappa shape index (κ3) is 6.28. The molecule has 1 aromatic heterocycles. The van der Waals surface area contributed by atoms with Crippen LogP contribution in [0.2, 0.25) is 0 Å². The summed E-state index contributed by atoms with van der Waals surface area (Å²) >= 11 is 0. The van der Waals surface area contributed by atoms with Crippen LogP contribution in [0.3, 0.4) is 0 Å². The fraction of sp³-hybridized carbons (Fsp3) is 0.739. The van der Waals surface area contributed by atoms with Crippen LogP contribution in [0.1, 0.15) is 81.7 Å². The SMILES string of the molecule is C=C(C)[C@@H]1CNCC1C.CC.CCC(=O)c1c(C)nn(C2CCOCC2)c1C. The minimum absolute atomic E-state index is 0.193. The molecular formula is C23H41N3O2. The van der Waals surface area contributed by atoms with Gasteiger partial charge >= 0.3 is 0 Å². The van der Waals surface area contributed by atoms with Crippen molar-refractivity contribution in [3.8, 4) is 0 Å². The number of rotatable bonds is 4. The largest absolute Gasteiger partial charge is 0.381 e. The number of carbonyl (C=O) groups excluding carboxylic acids is 1. The number of carbonyl (C=O) groups is 1. The van der Waals surface area contributed by atoms with Gasteiger partial charge in [0.05, 0.1) is 17.3 Å². The molecule has 5 heteroatoms. The van der Waals surface area contributed by atoms with E-state index in [1.807, 2.05) is 39.3 Å². The summed E-state index contributed by atoms with van der Waals surface area (Å²) < 4.78 is 7.39. The molecule has 3 heterocycles. The molecule has 1 unspecified atom stereocenters. The van der Waals surface area contributed by atoms with Crippen LogP contribution >= 0.6 is 0 Å². The second-order valence-corrected chi connectivity index (χ2v) is 7.70. The van der Waals surface area contributed by atoms with Gasteiger partial charge in [0.15, 0.2) is 5.78 Å². The topological polar surface area (TPSA) is 56.2 Å². The molecule has 0 aromatic carbocycles. The standard InChI is InChI=1S/C13H20N2O2.C8H15N.C2H6/c1-4-12(16)13-9(2)14-15(10(13)3)11-5-7-17-8-6-11;1-6(2)8-5-9-4-7(8)3;1-2/h11H,4-8H2,1-3H3;7-9H,1,4-5H2,2-3H3;1-2H3/t;7?,8-;/m.0./s1. The second kappa shape index (κ2) is 12.2. The van der Waals surface area contributed by atoms with Crippen molar-refractivity contribution in [1.82, 2.24) is 15.1 Å². The number of ether oxygens (including phenoxy) is 1. The van der Waals surface area contributed by atoms with Gasteiger partial charge in [0.25, 0.3) is 0 Å². The fourth-order valence-electron chi connectivity index (χ4n) is 4.00. The number of nitrogens with zero attached hydrogens (tertiary/aromatic N) is 2. The first-order valence-corrected chi connectivity index (χ1v) is 10.9. The summed E-state index contributed by atoms with van der Waals surface area (Å²) in [7, 11) is 0. The summed E-state index contributed by atoms with van der Waals surface area (Å²) in [6.45, 7) is 22.0. The van der Waals surface area contributed by atoms with Crippen molar-refractivity contribution in [3.63, 3.8) is 0 Å². The molecule has 0 spiro atoms. The van der Waals surface area contributed by atoms with Crippen LogP contribution in [-0.2, 0) is 4.74 Å². The zero-order valence-electron chi connectivity index (χ0n) is 19.1. The summed E-state index contributed by atoms with van der Waals surface area (Å²) in [6.07, 6.45) is 2.52. The first-order chi connectivity index (χ1) is 13.4. The third-order valence-electron chi connectivity index (χ3n) is 5.61. The lowest BCUT2D eigenvalue weighted by Crippen LogP contribution is -2.21. The van der Waals surface area contributed by atoms with E-state index < -0.39 is 0 Å². The Morgan fingerprint density at radius 3 is 2.29 bits per heavy atom. The highest BCUT2D eigenvalue weighted by molar-refractivity contribution is 5.97. The molecule has 1 N–H and O–H groups in total. The third-order valence-corrected chi connectivity index (χ3v) is 5.61. The van der Waals surface area contributed by atoms with Gasteiger partial charge in [0, 0.05) is 31.9 Å². The molecule has 0 amide bonds. The van der Waals surface area contributed by atoms with Crippen molar-refractivity contribution in [2.75, 3.05) is 26.3 Å². The lowest BCUT2D eigenvalue weighted by molar-refractivity contribution is 0.0655. The number of nitrogens with one attached hydrogen (secondary N) is 1. The van der Waals surface area contributed by atoms with Crippen molar-refractivity contribution in [2.45, 2.75) is 73.8 Å². The number of aryl methyl sites for hydroxylation is 1. The van der Waals surface area contributed by atoms with Gasteiger partial charge in [-0.25, -0.2) is 0 Å². The number of ketones is 1. The monoisotopic (exact) mass is 391 g/mol. The van der Waals surface area contributed by atoms with Crippen molar-refractivity contribution >= 4 is 5.78 Å². The summed E-state index contributed by atoms with van der Waals surface area (Å²) in [5.74, 6) is 1.71. The van der Waals surface area contributed by atoms with Gasteiger partial charge in [-0.15, -0.1) is 0 Å². The van der Waals surface area contributed by atoms with Gasteiger partial charge in [-0.2, -0.15) is 5.10 Å². The molecule has 2 aliphatic heterocycles. The summed E-state index contributed by atoms with van der Waals surface area (Å²) in [5.41, 5.74) is 4.02. The van der Waals surface area contributed by atoms with Crippen LogP contribution in [0, 0.1) is 25.7 Å². The lowest BCUT2D eigenvalue weighted by Gasteiger charge is -2.23. The van der Waals surface area contributed by atoms with Gasteiger partial charge in [0.1, 0.15) is 0 Å². The van der Waals surface area contributed by atoms with Crippen molar-refractivity contribution in [2.24, 2.45) is 11.8 Å². The molecule has 3 rings (SSSR count). The molecule has 0 bridgehead atoms. The number of hydrogen-bond acceptors (Lipinski definition) is 4. The molecule has 1 aromatic rings. The van der Waals surface area contributed by atoms with E-state index in [0.29, 0.717) is 12.5 Å². The number of Topliss-reactive ketones (excluding diaryl/α,β-unsaturated/α-hetero) is 1. The zero-order chi connectivity index (χ0) is 21.3. The highest BCUT2D eigenvalue weighted by Crippen LogP contribution is 2.25. The molecule has 160 valence electrons. The van der Waals surface area contributed by atoms with E-state index in [-0.39, 0.29) is 5.78 Å². The predicted molar refractivity (Wildman–Crippen MR) is 117 cm³/mol. The first kappa shape index (κ1) is 24.6. The molecule has 0 aliphatic carbocycles. The minimum atomic E-state index is 0.193. The van der Waals surface area contributed by atoms with Gasteiger partial charge in [-0.1, -0.05) is 39.8 Å². The van der Waals surface area contributed by atoms with Gasteiger partial charge in [-0.05, 0) is 52.0 Å². The number of hydrogen-bond donors (Lipinski definition) is 1. The molecule has 5 nitrogen and oxygen atoms in total. The summed E-state index contributed by atoms with van der Waals surface area (Å²) in [6, 6.07) is 0.390. The molecule has 2 aliphatic rings. The van der Waals surface area contributed by atoms with Crippen molar-refractivity contribution in [1.29, 1.82) is 0 Å². The van der Waals surface area contributed by atoms with E-state index in [9.17, 15) is 4.79 Å². The Kier molecular flexibility index (Phi) is 10.7. The van der Waals surface area contributed by atoms with Crippen molar-refractivity contribution < 1.29 is 9.53 Å². The molecular weight excluding hydrogens is 350 g/mol. The van der Waals surface area contributed by atoms with E-state index in [4.69, 9.17) is 4.74 Å². The fourth-order valence-corrected chi connectivity index (χ4v) is 4.00. The van der Waals surface area contributed by atoms with Crippen LogP contribution in [0.4, 0.5) is 0 Å². The summed E-state index contributed by atoms with van der Waals surface area (Å²) in [5, 5.41) is 7.89. The normalized spacial score (nSPS) is 22.0. The molecule has 2 saturated heterocycles. The maximum absolute atomic E-state index is 11.9. The Morgan fingerprint density at radius 1 is 1.25 bits per heavy atom. The van der Waals surface area contributed by atoms with E-state index in [1.54, 1.807) is 0 Å². The second-order valence-electron chi connectivity index (χ2n) is 7.70. The molecule has 28 heavy (non-hydrogen) atoms. The Bertz CT molecular complexity index is 630. The molecule has 0 radical (unpaired) electrons. The maximum atomic E-state index is 11.9. The van der Waals surface area contributed by atoms with Crippen LogP contribution in [-0.4, -0.2) is 41.9 Å². The van der Waals surface area contributed by atoms with E-state index >= 15 is 0 Å². The van der Waals surface area contributed by atoms with Crippen LogP contribution < -0.4 is 5.32 Å². The molecule has 2 atom stereocenters. The highest BCUT2D eigenvalue weighted by Gasteiger charge is 2.24. The first-order valence-electron chi connectivity index (χ1n) is 10.9. The summed E-state index contributed by atoms with van der Waals surface area (Å²) in [4.78, 5) is 11.9. The van der Waals surface area contributed by atoms with Crippen LogP contribution in [0.25, 0.3) is 0 Å². The Morgan fingerprint density at radius 2 is 1.86 bits per heavy atom. The van der Waals surface area contributed by atoms with Gasteiger partial charge in [-0.3, -0.25) is 9.48 Å². The lowest BCUT2D eigenvalue weighted by atomic mass is 9.92. The van der Waals surface area contributed by atoms with Crippen molar-refractivity contribution in [3.05, 3.63) is 29.1 Å². The average Bonchev–Trinajstić information content (AvgIpc) is 3.27. The maximum Gasteiger partial charge on any atom is 0.166 e. The Balaban J connectivity index is 0.000000301. The quantitative estimate of drug-likeness (QED) is 0.586. The van der Waals surface area contributed by atoms with Crippen LogP contribution in [0.15, 0.2) is 12.2 Å². The number of aromatic nitrogens is 2. The molecule has 0 saturated carbocycles. The smallest absolute Gasteiger partial charge is 0.166 e. The van der Waals surface area contributed by atoms with E-state index in [2.05, 4.69) is 30.8 Å². The minimum Gasteiger partial charge on any atom is -0.381 e. The van der Waals surface area contributed by atoms with E-state index in [1.165, 1.54) is 5.57 Å². The highest BCUT2D eigenvalue weighted by atomic mass is 16.5. The zero-order valence-corrected chi connectivity index (χ0v) is 19.1. The predicted octanol–water partition coefficient (Wildman–Crippen LogP) is 4.89. The van der Waals surface area contributed by atoms with E-state index in [0.717, 1.165) is 67.9 Å². The van der Waals surface area contributed by atoms with Crippen LogP contribution in [0.5, 0.6) is 0 Å².